The number of hydrogen-bond donors (Lipinski definition) is 7. The molecular formula is C13H20N5O11P3. The minimum atomic E-state index is -4.94. The Balaban J connectivity index is 1.50. The molecule has 2 fully saturated rings. The number of aliphatic hydroxyl groups is 2. The number of fused-ring (bicyclic) bond motifs is 2. The van der Waals surface area contributed by atoms with Crippen LogP contribution in [0.2, 0.25) is 0 Å². The highest BCUT2D eigenvalue weighted by molar-refractivity contribution is 7.79. The van der Waals surface area contributed by atoms with Gasteiger partial charge >= 0.3 is 15.2 Å². The van der Waals surface area contributed by atoms with Crippen LogP contribution in [0.4, 0.5) is 0 Å². The molecule has 2 aromatic heterocycles. The Kier molecular flexibility index (Phi) is 5.49. The summed E-state index contributed by atoms with van der Waals surface area (Å²) in [4.78, 5) is 45.4. The summed E-state index contributed by atoms with van der Waals surface area (Å²) < 4.78 is 48.2. The van der Waals surface area contributed by atoms with Gasteiger partial charge in [0.15, 0.2) is 23.0 Å². The van der Waals surface area contributed by atoms with E-state index in [1.807, 2.05) is 0 Å². The van der Waals surface area contributed by atoms with Crippen LogP contribution in [0.1, 0.15) is 6.23 Å². The third-order valence-corrected chi connectivity index (χ3v) is 12.2. The topological polar surface area (TPSA) is 251 Å². The van der Waals surface area contributed by atoms with E-state index in [-0.39, 0.29) is 16.7 Å². The predicted octanol–water partition coefficient (Wildman–Crippen LogP) is -1.81. The van der Waals surface area contributed by atoms with Gasteiger partial charge in [-0.3, -0.25) is 28.2 Å². The van der Waals surface area contributed by atoms with E-state index >= 15 is 0 Å². The lowest BCUT2D eigenvalue weighted by Crippen LogP contribution is -2.37. The molecular weight excluding hydrogens is 495 g/mol. The van der Waals surface area contributed by atoms with Crippen molar-refractivity contribution in [1.82, 2.24) is 19.1 Å². The smallest absolute Gasteiger partial charge is 0.338 e. The number of aliphatic hydroxyl groups excluding tert-OH is 1. The number of imidazole rings is 1. The first-order valence-electron chi connectivity index (χ1n) is 8.90. The normalized spacial score (nSPS) is 33.6. The molecule has 0 amide bonds. The maximum absolute atomic E-state index is 12.3. The molecule has 2 aliphatic rings. The molecule has 1 aliphatic carbocycles. The molecule has 3 unspecified atom stereocenters. The minimum absolute atomic E-state index is 0.0382. The molecule has 1 aliphatic heterocycles. The number of ether oxygens (including phenoxy) is 1. The van der Waals surface area contributed by atoms with Crippen molar-refractivity contribution < 1.29 is 52.7 Å². The zero-order valence-corrected chi connectivity index (χ0v) is 18.9. The van der Waals surface area contributed by atoms with E-state index in [9.17, 15) is 33.7 Å². The molecule has 178 valence electrons. The minimum Gasteiger partial charge on any atom is -0.385 e. The van der Waals surface area contributed by atoms with Gasteiger partial charge in [-0.15, -0.1) is 0 Å². The molecule has 7 atom stereocenters. The Morgan fingerprint density at radius 2 is 1.84 bits per heavy atom. The van der Waals surface area contributed by atoms with Gasteiger partial charge < -0.3 is 39.1 Å². The lowest BCUT2D eigenvalue weighted by Gasteiger charge is -2.24. The molecule has 4 rings (SSSR count). The first-order valence-corrected chi connectivity index (χ1v) is 14.5. The van der Waals surface area contributed by atoms with Crippen LogP contribution in [0.3, 0.4) is 0 Å². The maximum atomic E-state index is 12.3. The van der Waals surface area contributed by atoms with Gasteiger partial charge in [0.1, 0.15) is 35.6 Å². The van der Waals surface area contributed by atoms with Gasteiger partial charge in [-0.05, 0) is 0 Å². The van der Waals surface area contributed by atoms with Crippen LogP contribution in [0.25, 0.3) is 11.2 Å². The van der Waals surface area contributed by atoms with Crippen LogP contribution in [0.5, 0.6) is 0 Å². The molecule has 1 saturated carbocycles. The monoisotopic (exact) mass is 515 g/mol. The number of aryl methyl sites for hydroxylation is 1. The molecule has 16 nitrogen and oxygen atoms in total. The summed E-state index contributed by atoms with van der Waals surface area (Å²) in [7, 11) is -13.0. The fraction of sp³-hybridized carbons (Fsp3) is 0.615. The zero-order chi connectivity index (χ0) is 23.9. The van der Waals surface area contributed by atoms with E-state index in [1.165, 1.54) is 21.8 Å². The second-order valence-corrected chi connectivity index (χ2v) is 14.5. The fourth-order valence-electron chi connectivity index (χ4n) is 3.68. The van der Waals surface area contributed by atoms with Crippen LogP contribution in [0, 0.1) is 5.41 Å². The molecule has 1 saturated heterocycles. The van der Waals surface area contributed by atoms with Gasteiger partial charge in [0.05, 0.1) is 12.7 Å². The third kappa shape index (κ3) is 4.06. The molecule has 2 aromatic rings. The van der Waals surface area contributed by atoms with Crippen LogP contribution >= 0.6 is 22.6 Å². The number of aromatic nitrogens is 4. The largest absolute Gasteiger partial charge is 0.385 e. The maximum Gasteiger partial charge on any atom is 0.338 e. The second-order valence-electron chi connectivity index (χ2n) is 7.76. The Morgan fingerprint density at radius 1 is 1.19 bits per heavy atom. The Hall–Kier alpha value is -1.28. The van der Waals surface area contributed by atoms with Gasteiger partial charge in [-0.1, -0.05) is 0 Å². The number of hydrogen-bond acceptors (Lipinski definition) is 10. The van der Waals surface area contributed by atoms with Crippen LogP contribution in [-0.4, -0.2) is 84.6 Å². The van der Waals surface area contributed by atoms with Crippen LogP contribution in [-0.2, 0) is 30.0 Å². The van der Waals surface area contributed by atoms with Gasteiger partial charge in [-0.2, -0.15) is 0 Å². The van der Waals surface area contributed by atoms with E-state index in [1.54, 1.807) is 7.05 Å². The van der Waals surface area contributed by atoms with E-state index in [0.29, 0.717) is 0 Å². The molecule has 32 heavy (non-hydrogen) atoms. The van der Waals surface area contributed by atoms with Crippen molar-refractivity contribution >= 4 is 33.7 Å². The Bertz CT molecular complexity index is 1290. The highest BCUT2D eigenvalue weighted by Crippen LogP contribution is 2.67. The van der Waals surface area contributed by atoms with Gasteiger partial charge in [-0.25, -0.2) is 9.97 Å². The summed E-state index contributed by atoms with van der Waals surface area (Å²) in [5.74, 6) is -2.97. The lowest BCUT2D eigenvalue weighted by atomic mass is 10.1. The molecule has 0 spiro atoms. The molecule has 0 bridgehead atoms. The standard InChI is InChI=1S/C13H20N5O11P3/c1-17-2-16-11-6(10(17)14)15-3-18(11)12-7(19)13(20)8(28-12)9(13)29-32(26,27)5-30(21,22)4-31(23,24)25/h2-3,7-9,12,14,19-20H,4-5H2,1H3,(H,21,22)(H,26,27)(H2,23,24,25)/t7-,8+,9?,12+,13-/m0/s1. The van der Waals surface area contributed by atoms with Crippen molar-refractivity contribution in [2.45, 2.75) is 30.1 Å². The Labute approximate surface area is 178 Å². The summed E-state index contributed by atoms with van der Waals surface area (Å²) in [6, 6.07) is 0. The van der Waals surface area contributed by atoms with Crippen molar-refractivity contribution in [3.63, 3.8) is 0 Å². The molecule has 0 radical (unpaired) electrons. The lowest BCUT2D eigenvalue weighted by molar-refractivity contribution is -0.0906. The van der Waals surface area contributed by atoms with Crippen molar-refractivity contribution in [2.75, 3.05) is 11.8 Å². The molecule has 0 aromatic carbocycles. The Morgan fingerprint density at radius 3 is 2.41 bits per heavy atom. The van der Waals surface area contributed by atoms with Crippen molar-refractivity contribution in [3.8, 4) is 0 Å². The molecule has 3 heterocycles. The van der Waals surface area contributed by atoms with E-state index < -0.39 is 64.5 Å². The number of rotatable bonds is 7. The predicted molar refractivity (Wildman–Crippen MR) is 104 cm³/mol. The quantitative estimate of drug-likeness (QED) is 0.201. The molecule has 7 N–H and O–H groups in total. The van der Waals surface area contributed by atoms with E-state index in [4.69, 9.17) is 24.5 Å². The van der Waals surface area contributed by atoms with Gasteiger partial charge in [0.25, 0.3) is 0 Å². The average molecular weight is 515 g/mol. The summed E-state index contributed by atoms with van der Waals surface area (Å²) in [6.07, 6.45) is -3.13. The first kappa shape index (κ1) is 23.9. The summed E-state index contributed by atoms with van der Waals surface area (Å²) in [6.45, 7) is 0. The van der Waals surface area contributed by atoms with Gasteiger partial charge in [0.2, 0.25) is 7.37 Å². The summed E-state index contributed by atoms with van der Waals surface area (Å²) >= 11 is 0. The average Bonchev–Trinajstić information content (AvgIpc) is 2.91. The first-order chi connectivity index (χ1) is 14.6. The molecule has 19 heteroatoms. The number of nitrogens with one attached hydrogen (secondary N) is 1. The highest BCUT2D eigenvalue weighted by atomic mass is 31.3. The van der Waals surface area contributed by atoms with Crippen molar-refractivity contribution in [1.29, 1.82) is 5.41 Å². The number of nitrogens with zero attached hydrogens (tertiary/aromatic N) is 4. The summed E-state index contributed by atoms with van der Waals surface area (Å²) in [5, 5.41) is 29.3. The van der Waals surface area contributed by atoms with E-state index in [2.05, 4.69) is 9.97 Å². The van der Waals surface area contributed by atoms with Gasteiger partial charge in [0, 0.05) is 7.05 Å². The van der Waals surface area contributed by atoms with Crippen LogP contribution < -0.4 is 5.49 Å². The highest BCUT2D eigenvalue weighted by Gasteiger charge is 2.79. The fourth-order valence-corrected chi connectivity index (χ4v) is 10.3. The van der Waals surface area contributed by atoms with Crippen molar-refractivity contribution in [3.05, 3.63) is 18.1 Å². The zero-order valence-electron chi connectivity index (χ0n) is 16.2. The van der Waals surface area contributed by atoms with E-state index in [0.717, 1.165) is 0 Å². The summed E-state index contributed by atoms with van der Waals surface area (Å²) in [5.41, 5.74) is -1.71. The third-order valence-electron chi connectivity index (χ3n) is 5.16. The van der Waals surface area contributed by atoms with Crippen molar-refractivity contribution in [2.24, 2.45) is 7.05 Å². The van der Waals surface area contributed by atoms with Crippen LogP contribution in [0.15, 0.2) is 12.7 Å². The SMILES string of the molecule is Cn1cnc2c(ncn2[C@@H]2O[C@@H]3C(OP(=O)(O)CP(=O)(O)CP(=O)(O)O)[C@]3(O)[C@H]2O)c1=N. The second kappa shape index (κ2) is 7.36.